The van der Waals surface area contributed by atoms with Gasteiger partial charge in [-0.3, -0.25) is 4.99 Å². The highest BCUT2D eigenvalue weighted by molar-refractivity contribution is 14.0. The summed E-state index contributed by atoms with van der Waals surface area (Å²) in [6, 6.07) is 0.265. The van der Waals surface area contributed by atoms with Gasteiger partial charge in [0.1, 0.15) is 0 Å². The van der Waals surface area contributed by atoms with E-state index in [1.165, 1.54) is 0 Å². The normalized spacial score (nSPS) is 20.0. The van der Waals surface area contributed by atoms with Crippen molar-refractivity contribution in [3.63, 3.8) is 0 Å². The number of ether oxygens (including phenoxy) is 1. The number of nitrogens with one attached hydrogen (secondary N) is 3. The zero-order valence-electron chi connectivity index (χ0n) is 15.9. The first kappa shape index (κ1) is 24.9. The Kier molecular flexibility index (Phi) is 13.0. The molecule has 1 aliphatic rings. The lowest BCUT2D eigenvalue weighted by Crippen LogP contribution is -2.44. The van der Waals surface area contributed by atoms with Crippen molar-refractivity contribution in [2.24, 2.45) is 10.9 Å². The first-order chi connectivity index (χ1) is 11.3. The fourth-order valence-corrected chi connectivity index (χ4v) is 3.16. The van der Waals surface area contributed by atoms with Gasteiger partial charge in [0.15, 0.2) is 5.96 Å². The van der Waals surface area contributed by atoms with Crippen LogP contribution >= 0.6 is 24.0 Å². The predicted octanol–water partition coefficient (Wildman–Crippen LogP) is 1.69. The first-order valence-electron chi connectivity index (χ1n) is 8.98. The number of sulfonamides is 1. The molecule has 0 radical (unpaired) electrons. The number of rotatable bonds is 9. The third-order valence-corrected chi connectivity index (χ3v) is 5.47. The number of halogens is 1. The van der Waals surface area contributed by atoms with Crippen LogP contribution in [0.1, 0.15) is 47.0 Å². The van der Waals surface area contributed by atoms with Gasteiger partial charge in [0, 0.05) is 25.7 Å². The minimum Gasteiger partial charge on any atom is -0.377 e. The van der Waals surface area contributed by atoms with E-state index in [1.807, 2.05) is 6.92 Å². The number of aliphatic imine (C=N–C) groups is 1. The van der Waals surface area contributed by atoms with Gasteiger partial charge in [0.05, 0.1) is 18.4 Å². The van der Waals surface area contributed by atoms with E-state index in [0.717, 1.165) is 32.4 Å². The van der Waals surface area contributed by atoms with Crippen LogP contribution in [0.5, 0.6) is 0 Å². The van der Waals surface area contributed by atoms with Gasteiger partial charge in [0.2, 0.25) is 10.0 Å². The monoisotopic (exact) mass is 490 g/mol. The maximum Gasteiger partial charge on any atom is 0.213 e. The number of hydrogen-bond acceptors (Lipinski definition) is 4. The quantitative estimate of drug-likeness (QED) is 0.260. The molecule has 0 amide bonds. The van der Waals surface area contributed by atoms with Crippen molar-refractivity contribution in [1.29, 1.82) is 0 Å². The Morgan fingerprint density at radius 2 is 2.00 bits per heavy atom. The van der Waals surface area contributed by atoms with Crippen molar-refractivity contribution in [2.75, 3.05) is 32.0 Å². The molecule has 0 aliphatic carbocycles. The van der Waals surface area contributed by atoms with Gasteiger partial charge in [-0.25, -0.2) is 13.1 Å². The van der Waals surface area contributed by atoms with Crippen molar-refractivity contribution in [3.8, 4) is 0 Å². The molecule has 25 heavy (non-hydrogen) atoms. The van der Waals surface area contributed by atoms with Crippen LogP contribution in [-0.2, 0) is 14.8 Å². The number of guanidine groups is 1. The summed E-state index contributed by atoms with van der Waals surface area (Å²) in [6.45, 7) is 10.4. The lowest BCUT2D eigenvalue weighted by molar-refractivity contribution is 0.0200. The molecule has 7 nitrogen and oxygen atoms in total. The molecule has 9 heteroatoms. The summed E-state index contributed by atoms with van der Waals surface area (Å²) in [5.41, 5.74) is 0. The van der Waals surface area contributed by atoms with E-state index in [-0.39, 0.29) is 48.4 Å². The van der Waals surface area contributed by atoms with E-state index in [1.54, 1.807) is 0 Å². The van der Waals surface area contributed by atoms with Crippen molar-refractivity contribution in [3.05, 3.63) is 0 Å². The van der Waals surface area contributed by atoms with Crippen LogP contribution in [0.4, 0.5) is 0 Å². The third-order valence-electron chi connectivity index (χ3n) is 4.14. The number of hydrogen-bond donors (Lipinski definition) is 3. The zero-order chi connectivity index (χ0) is 18.0. The minimum absolute atomic E-state index is 0. The molecule has 0 aromatic carbocycles. The van der Waals surface area contributed by atoms with Gasteiger partial charge in [0.25, 0.3) is 0 Å². The highest BCUT2D eigenvalue weighted by atomic mass is 127. The summed E-state index contributed by atoms with van der Waals surface area (Å²) < 4.78 is 32.3. The molecule has 3 N–H and O–H groups in total. The molecule has 0 saturated carbocycles. The summed E-state index contributed by atoms with van der Waals surface area (Å²) in [7, 11) is -3.33. The fourth-order valence-electron chi connectivity index (χ4n) is 2.24. The molecule has 1 rings (SSSR count). The molecule has 1 aliphatic heterocycles. The lowest BCUT2D eigenvalue weighted by Gasteiger charge is -2.22. The van der Waals surface area contributed by atoms with Gasteiger partial charge in [-0.15, -0.1) is 24.0 Å². The van der Waals surface area contributed by atoms with Gasteiger partial charge in [-0.2, -0.15) is 0 Å². The minimum atomic E-state index is -3.33. The van der Waals surface area contributed by atoms with E-state index in [0.29, 0.717) is 18.4 Å². The van der Waals surface area contributed by atoms with Gasteiger partial charge >= 0.3 is 0 Å². The van der Waals surface area contributed by atoms with E-state index in [9.17, 15) is 8.42 Å². The van der Waals surface area contributed by atoms with E-state index in [4.69, 9.17) is 4.74 Å². The van der Waals surface area contributed by atoms with Gasteiger partial charge in [-0.1, -0.05) is 13.8 Å². The molecule has 1 fully saturated rings. The van der Waals surface area contributed by atoms with Crippen LogP contribution in [0.3, 0.4) is 0 Å². The number of nitrogens with zero attached hydrogens (tertiary/aromatic N) is 1. The van der Waals surface area contributed by atoms with Crippen LogP contribution < -0.4 is 15.4 Å². The Labute approximate surface area is 170 Å². The molecule has 1 heterocycles. The Hall–Kier alpha value is -0.130. The lowest BCUT2D eigenvalue weighted by atomic mass is 10.1. The van der Waals surface area contributed by atoms with Crippen molar-refractivity contribution >= 4 is 40.0 Å². The maximum absolute atomic E-state index is 12.1. The van der Waals surface area contributed by atoms with Crippen LogP contribution in [0.25, 0.3) is 0 Å². The summed E-state index contributed by atoms with van der Waals surface area (Å²) in [6.07, 6.45) is 3.08. The smallest absolute Gasteiger partial charge is 0.213 e. The standard InChI is InChI=1S/C16H34N4O3S.HI/c1-5-17-16(20-14(4)13(2)3)18-9-11-24(21,22)19-12-15-8-6-7-10-23-15;/h13-15,19H,5-12H2,1-4H3,(H2,17,18,20);1H. The van der Waals surface area contributed by atoms with Crippen LogP contribution in [0, 0.1) is 5.92 Å². The molecular formula is C16H35IN4O3S. The van der Waals surface area contributed by atoms with E-state index >= 15 is 0 Å². The second-order valence-corrected chi connectivity index (χ2v) is 8.52. The Morgan fingerprint density at radius 1 is 1.28 bits per heavy atom. The van der Waals surface area contributed by atoms with Gasteiger partial charge < -0.3 is 15.4 Å². The van der Waals surface area contributed by atoms with Crippen molar-refractivity contribution in [1.82, 2.24) is 15.4 Å². The molecule has 1 saturated heterocycles. The average molecular weight is 490 g/mol. The Morgan fingerprint density at radius 3 is 2.56 bits per heavy atom. The van der Waals surface area contributed by atoms with Crippen LogP contribution in [-0.4, -0.2) is 58.5 Å². The molecule has 0 aromatic rings. The SMILES string of the molecule is CCNC(=NCCS(=O)(=O)NCC1CCCCO1)NC(C)C(C)C.I. The zero-order valence-corrected chi connectivity index (χ0v) is 19.0. The second-order valence-electron chi connectivity index (χ2n) is 6.59. The summed E-state index contributed by atoms with van der Waals surface area (Å²) >= 11 is 0. The second kappa shape index (κ2) is 13.1. The molecular weight excluding hydrogens is 455 g/mol. The fraction of sp³-hybridized carbons (Fsp3) is 0.938. The van der Waals surface area contributed by atoms with Crippen molar-refractivity contribution < 1.29 is 13.2 Å². The first-order valence-corrected chi connectivity index (χ1v) is 10.6. The molecule has 0 bridgehead atoms. The third kappa shape index (κ3) is 11.2. The molecule has 2 atom stereocenters. The Bertz CT molecular complexity index is 480. The highest BCUT2D eigenvalue weighted by Crippen LogP contribution is 2.11. The average Bonchev–Trinajstić information content (AvgIpc) is 2.54. The molecule has 150 valence electrons. The topological polar surface area (TPSA) is 91.8 Å². The maximum atomic E-state index is 12.1. The van der Waals surface area contributed by atoms with E-state index in [2.05, 4.69) is 41.1 Å². The largest absolute Gasteiger partial charge is 0.377 e. The molecule has 2 unspecified atom stereocenters. The van der Waals surface area contributed by atoms with E-state index < -0.39 is 10.0 Å². The van der Waals surface area contributed by atoms with Crippen LogP contribution in [0.15, 0.2) is 4.99 Å². The Balaban J connectivity index is 0.00000576. The summed E-state index contributed by atoms with van der Waals surface area (Å²) in [5, 5.41) is 6.43. The van der Waals surface area contributed by atoms with Crippen LogP contribution in [0.2, 0.25) is 0 Å². The van der Waals surface area contributed by atoms with Gasteiger partial charge in [-0.05, 0) is 39.0 Å². The molecule has 0 aromatic heterocycles. The highest BCUT2D eigenvalue weighted by Gasteiger charge is 2.17. The molecule has 0 spiro atoms. The summed E-state index contributed by atoms with van der Waals surface area (Å²) in [4.78, 5) is 4.36. The predicted molar refractivity (Wildman–Crippen MR) is 114 cm³/mol. The summed E-state index contributed by atoms with van der Waals surface area (Å²) in [5.74, 6) is 1.10. The van der Waals surface area contributed by atoms with Crippen molar-refractivity contribution in [2.45, 2.75) is 59.1 Å².